The Kier molecular flexibility index (Phi) is 3.11. The van der Waals surface area contributed by atoms with Crippen molar-refractivity contribution in [2.24, 2.45) is 16.7 Å². The van der Waals surface area contributed by atoms with E-state index >= 15 is 0 Å². The Morgan fingerprint density at radius 1 is 1.04 bits per heavy atom. The number of rotatable bonds is 2. The Bertz CT molecular complexity index is 635. The third kappa shape index (κ3) is 2.64. The molecule has 2 unspecified atom stereocenters. The van der Waals surface area contributed by atoms with Crippen molar-refractivity contribution in [1.29, 1.82) is 0 Å². The van der Waals surface area contributed by atoms with E-state index in [-0.39, 0.29) is 11.6 Å². The van der Waals surface area contributed by atoms with E-state index in [9.17, 15) is 4.79 Å². The highest BCUT2D eigenvalue weighted by molar-refractivity contribution is 5.90. The van der Waals surface area contributed by atoms with E-state index in [1.54, 1.807) is 0 Å². The van der Waals surface area contributed by atoms with Crippen LogP contribution >= 0.6 is 0 Å². The first-order valence-electron chi connectivity index (χ1n) is 8.94. The van der Waals surface area contributed by atoms with E-state index in [4.69, 9.17) is 0 Å². The summed E-state index contributed by atoms with van der Waals surface area (Å²) in [5, 5.41) is 6.46. The average molecular weight is 312 g/mol. The van der Waals surface area contributed by atoms with Crippen LogP contribution in [0.5, 0.6) is 0 Å². The Labute approximate surface area is 139 Å². The first kappa shape index (κ1) is 15.0. The van der Waals surface area contributed by atoms with Crippen molar-refractivity contribution < 1.29 is 4.79 Å². The lowest BCUT2D eigenvalue weighted by molar-refractivity contribution is -0.113. The van der Waals surface area contributed by atoms with Crippen LogP contribution in [0.3, 0.4) is 0 Å². The van der Waals surface area contributed by atoms with Crippen molar-refractivity contribution in [3.63, 3.8) is 0 Å². The van der Waals surface area contributed by atoms with Crippen molar-refractivity contribution in [1.82, 2.24) is 5.32 Å². The number of aryl methyl sites for hydroxylation is 1. The van der Waals surface area contributed by atoms with Crippen LogP contribution in [0.25, 0.3) is 0 Å². The van der Waals surface area contributed by atoms with Crippen molar-refractivity contribution in [3.05, 3.63) is 29.8 Å². The normalized spacial score (nSPS) is 40.9. The van der Waals surface area contributed by atoms with Gasteiger partial charge in [0.1, 0.15) is 0 Å². The molecular weight excluding hydrogens is 284 g/mol. The minimum atomic E-state index is -0.0338. The maximum atomic E-state index is 12.6. The molecule has 4 bridgehead atoms. The van der Waals surface area contributed by atoms with Crippen LogP contribution in [0.15, 0.2) is 24.3 Å². The van der Waals surface area contributed by atoms with Crippen LogP contribution in [0.1, 0.15) is 57.9 Å². The predicted octanol–water partition coefficient (Wildman–Crippen LogP) is 4.87. The van der Waals surface area contributed by atoms with Gasteiger partial charge in [0.05, 0.1) is 0 Å². The number of carbonyl (C=O) groups is 1. The lowest BCUT2D eigenvalue weighted by Gasteiger charge is -2.65. The standard InChI is InChI=1S/C20H28N2O/c1-14-6-4-5-7-16(14)21-17(23)22-20-10-15-8-18(2,12-20)11-19(3,9-15)13-20/h4-7,15H,8-13H2,1-3H3,(H2,21,22,23). The summed E-state index contributed by atoms with van der Waals surface area (Å²) < 4.78 is 0. The van der Waals surface area contributed by atoms with E-state index in [2.05, 4.69) is 24.5 Å². The summed E-state index contributed by atoms with van der Waals surface area (Å²) in [6.07, 6.45) is 7.50. The monoisotopic (exact) mass is 312 g/mol. The van der Waals surface area contributed by atoms with Gasteiger partial charge in [0.2, 0.25) is 0 Å². The summed E-state index contributed by atoms with van der Waals surface area (Å²) in [6, 6.07) is 7.93. The quantitative estimate of drug-likeness (QED) is 0.804. The molecule has 5 rings (SSSR count). The maximum absolute atomic E-state index is 12.6. The van der Waals surface area contributed by atoms with Gasteiger partial charge in [-0.3, -0.25) is 0 Å². The molecule has 1 aromatic rings. The SMILES string of the molecule is Cc1ccccc1NC(=O)NC12CC3CC(C)(CC(C)(C3)C1)C2. The lowest BCUT2D eigenvalue weighted by Crippen LogP contribution is -2.65. The van der Waals surface area contributed by atoms with E-state index in [1.165, 1.54) is 25.7 Å². The molecule has 4 aliphatic rings. The number of anilines is 1. The Balaban J connectivity index is 1.52. The Morgan fingerprint density at radius 2 is 1.70 bits per heavy atom. The minimum Gasteiger partial charge on any atom is -0.332 e. The third-order valence-electron chi connectivity index (χ3n) is 6.40. The zero-order chi connectivity index (χ0) is 16.3. The number of hydrogen-bond acceptors (Lipinski definition) is 1. The second-order valence-corrected chi connectivity index (χ2v) is 9.30. The van der Waals surface area contributed by atoms with Crippen molar-refractivity contribution in [2.45, 2.75) is 64.8 Å². The van der Waals surface area contributed by atoms with Crippen LogP contribution in [0, 0.1) is 23.7 Å². The van der Waals surface area contributed by atoms with E-state index in [1.807, 2.05) is 31.2 Å². The Hall–Kier alpha value is -1.51. The van der Waals surface area contributed by atoms with Gasteiger partial charge in [-0.05, 0) is 73.8 Å². The fourth-order valence-corrected chi connectivity index (χ4v) is 6.69. The molecule has 4 saturated carbocycles. The van der Waals surface area contributed by atoms with Crippen LogP contribution in [-0.2, 0) is 0 Å². The molecule has 1 aromatic carbocycles. The van der Waals surface area contributed by atoms with E-state index in [0.29, 0.717) is 10.8 Å². The van der Waals surface area contributed by atoms with Gasteiger partial charge in [0, 0.05) is 11.2 Å². The summed E-state index contributed by atoms with van der Waals surface area (Å²) in [5.74, 6) is 0.792. The molecule has 0 spiro atoms. The fraction of sp³-hybridized carbons (Fsp3) is 0.650. The summed E-state index contributed by atoms with van der Waals surface area (Å²) in [5.41, 5.74) is 2.86. The van der Waals surface area contributed by atoms with Gasteiger partial charge in [0.25, 0.3) is 0 Å². The molecule has 3 nitrogen and oxygen atoms in total. The van der Waals surface area contributed by atoms with Crippen LogP contribution in [0.2, 0.25) is 0 Å². The second kappa shape index (κ2) is 4.75. The van der Waals surface area contributed by atoms with Gasteiger partial charge in [0.15, 0.2) is 0 Å². The molecule has 124 valence electrons. The number of amides is 2. The molecular formula is C20H28N2O. The molecule has 0 saturated heterocycles. The third-order valence-corrected chi connectivity index (χ3v) is 6.40. The van der Waals surface area contributed by atoms with Gasteiger partial charge in [-0.25, -0.2) is 4.79 Å². The first-order chi connectivity index (χ1) is 10.8. The summed E-state index contributed by atoms with van der Waals surface area (Å²) in [4.78, 5) is 12.6. The zero-order valence-electron chi connectivity index (χ0n) is 14.5. The van der Waals surface area contributed by atoms with Crippen LogP contribution in [0.4, 0.5) is 10.5 Å². The smallest absolute Gasteiger partial charge is 0.319 e. The van der Waals surface area contributed by atoms with Crippen molar-refractivity contribution in [2.75, 3.05) is 5.32 Å². The fourth-order valence-electron chi connectivity index (χ4n) is 6.69. The van der Waals surface area contributed by atoms with E-state index < -0.39 is 0 Å². The molecule has 0 aromatic heterocycles. The molecule has 2 atom stereocenters. The molecule has 2 amide bonds. The highest BCUT2D eigenvalue weighted by Gasteiger charge is 2.60. The molecule has 4 fully saturated rings. The average Bonchev–Trinajstić information content (AvgIpc) is 2.36. The number of carbonyl (C=O) groups excluding carboxylic acids is 1. The largest absolute Gasteiger partial charge is 0.332 e. The number of para-hydroxylation sites is 1. The highest BCUT2D eigenvalue weighted by atomic mass is 16.2. The molecule has 4 aliphatic carbocycles. The molecule has 0 aliphatic heterocycles. The predicted molar refractivity (Wildman–Crippen MR) is 93.5 cm³/mol. The van der Waals surface area contributed by atoms with Gasteiger partial charge in [-0.2, -0.15) is 0 Å². The van der Waals surface area contributed by atoms with Crippen LogP contribution < -0.4 is 10.6 Å². The van der Waals surface area contributed by atoms with Crippen molar-refractivity contribution >= 4 is 11.7 Å². The van der Waals surface area contributed by atoms with Gasteiger partial charge >= 0.3 is 6.03 Å². The Morgan fingerprint density at radius 3 is 2.30 bits per heavy atom. The number of nitrogens with one attached hydrogen (secondary N) is 2. The minimum absolute atomic E-state index is 0.00961. The molecule has 3 heteroatoms. The van der Waals surface area contributed by atoms with Gasteiger partial charge in [-0.1, -0.05) is 32.0 Å². The molecule has 2 N–H and O–H groups in total. The highest BCUT2D eigenvalue weighted by Crippen LogP contribution is 2.66. The topological polar surface area (TPSA) is 41.1 Å². The van der Waals surface area contributed by atoms with Gasteiger partial charge in [-0.15, -0.1) is 0 Å². The molecule has 0 radical (unpaired) electrons. The molecule has 23 heavy (non-hydrogen) atoms. The second-order valence-electron chi connectivity index (χ2n) is 9.30. The summed E-state index contributed by atoms with van der Waals surface area (Å²) in [7, 11) is 0. The van der Waals surface area contributed by atoms with Crippen molar-refractivity contribution in [3.8, 4) is 0 Å². The first-order valence-corrected chi connectivity index (χ1v) is 8.94. The van der Waals surface area contributed by atoms with Crippen LogP contribution in [-0.4, -0.2) is 11.6 Å². The van der Waals surface area contributed by atoms with E-state index in [0.717, 1.165) is 30.0 Å². The lowest BCUT2D eigenvalue weighted by atomic mass is 9.43. The molecule has 0 heterocycles. The number of benzene rings is 1. The summed E-state index contributed by atoms with van der Waals surface area (Å²) in [6.45, 7) is 6.90. The summed E-state index contributed by atoms with van der Waals surface area (Å²) >= 11 is 0. The number of urea groups is 1. The number of hydrogen-bond donors (Lipinski definition) is 2. The maximum Gasteiger partial charge on any atom is 0.319 e. The zero-order valence-corrected chi connectivity index (χ0v) is 14.5. The van der Waals surface area contributed by atoms with Gasteiger partial charge < -0.3 is 10.6 Å².